The van der Waals surface area contributed by atoms with E-state index in [0.29, 0.717) is 36.8 Å². The van der Waals surface area contributed by atoms with Gasteiger partial charge in [0.1, 0.15) is 34.8 Å². The van der Waals surface area contributed by atoms with Crippen LogP contribution in [0, 0.1) is 0 Å². The topological polar surface area (TPSA) is 78.6 Å². The monoisotopic (exact) mass is 411 g/mol. The Bertz CT molecular complexity index is 1150. The maximum absolute atomic E-state index is 10.5. The van der Waals surface area contributed by atoms with Crippen molar-refractivity contribution >= 4 is 34.4 Å². The average Bonchev–Trinajstić information content (AvgIpc) is 3.15. The highest BCUT2D eigenvalue weighted by Gasteiger charge is 2.12. The number of phenols is 1. The molecule has 0 amide bonds. The number of thiol groups is 1. The van der Waals surface area contributed by atoms with E-state index in [-0.39, 0.29) is 5.75 Å². The molecule has 0 bridgehead atoms. The Morgan fingerprint density at radius 1 is 0.966 bits per heavy atom. The molecule has 29 heavy (non-hydrogen) atoms. The minimum absolute atomic E-state index is 0.0988. The van der Waals surface area contributed by atoms with Crippen molar-refractivity contribution in [1.29, 1.82) is 0 Å². The number of nitrogens with zero attached hydrogens (tertiary/aromatic N) is 3. The van der Waals surface area contributed by atoms with Gasteiger partial charge in [0.05, 0.1) is 13.2 Å². The summed E-state index contributed by atoms with van der Waals surface area (Å²) in [4.78, 5) is 11.5. The van der Waals surface area contributed by atoms with E-state index in [1.807, 2.05) is 49.4 Å². The first-order valence-electron chi connectivity index (χ1n) is 9.29. The summed E-state index contributed by atoms with van der Waals surface area (Å²) in [6, 6.07) is 14.9. The van der Waals surface area contributed by atoms with Crippen molar-refractivity contribution in [3.05, 3.63) is 54.1 Å². The molecule has 0 aliphatic heterocycles. The first-order valence-corrected chi connectivity index (χ1v) is 9.92. The quantitative estimate of drug-likeness (QED) is 0.197. The molecule has 8 heteroatoms. The van der Waals surface area contributed by atoms with E-state index in [9.17, 15) is 5.11 Å². The Morgan fingerprint density at radius 3 is 2.66 bits per heavy atom. The maximum Gasteiger partial charge on any atom is 0.143 e. The molecule has 0 aliphatic rings. The highest BCUT2D eigenvalue weighted by Crippen LogP contribution is 2.30. The van der Waals surface area contributed by atoms with E-state index in [1.165, 1.54) is 4.80 Å². The van der Waals surface area contributed by atoms with Gasteiger partial charge in [0.25, 0.3) is 0 Å². The molecule has 4 aromatic rings. The molecule has 1 N–H and O–H groups in total. The predicted molar refractivity (Wildman–Crippen MR) is 114 cm³/mol. The lowest BCUT2D eigenvalue weighted by Gasteiger charge is -2.08. The molecule has 4 rings (SSSR count). The number of rotatable bonds is 8. The standard InChI is InChI=1S/C21H21N3O4S/c1-2-27-28-13-14-3-6-18-19(9-14)23-24(22-18)20-11-16-10-17(26-7-8-29)5-4-15(16)12-21(20)25/h3-6,9-12,25,29H,2,7-8,13H2,1H3. The zero-order valence-corrected chi connectivity index (χ0v) is 16.8. The summed E-state index contributed by atoms with van der Waals surface area (Å²) >= 11 is 4.16. The number of benzene rings is 3. The first kappa shape index (κ1) is 19.5. The number of hydrogen-bond acceptors (Lipinski definition) is 7. The van der Waals surface area contributed by atoms with Crippen LogP contribution in [0.3, 0.4) is 0 Å². The molecule has 0 saturated carbocycles. The summed E-state index contributed by atoms with van der Waals surface area (Å²) in [6.45, 7) is 3.20. The van der Waals surface area contributed by atoms with Crippen molar-refractivity contribution in [3.8, 4) is 17.2 Å². The molecule has 1 heterocycles. The molecular formula is C21H21N3O4S. The molecule has 0 aliphatic carbocycles. The van der Waals surface area contributed by atoms with Crippen LogP contribution in [0.25, 0.3) is 27.5 Å². The third-order valence-electron chi connectivity index (χ3n) is 4.35. The minimum Gasteiger partial charge on any atom is -0.506 e. The van der Waals surface area contributed by atoms with Crippen LogP contribution in [0.2, 0.25) is 0 Å². The zero-order valence-electron chi connectivity index (χ0n) is 15.9. The minimum atomic E-state index is 0.0988. The molecule has 0 atom stereocenters. The fourth-order valence-corrected chi connectivity index (χ4v) is 3.11. The van der Waals surface area contributed by atoms with Crippen LogP contribution in [-0.2, 0) is 16.4 Å². The first-order chi connectivity index (χ1) is 14.2. The smallest absolute Gasteiger partial charge is 0.143 e. The third-order valence-corrected chi connectivity index (χ3v) is 4.53. The highest BCUT2D eigenvalue weighted by atomic mass is 32.1. The summed E-state index contributed by atoms with van der Waals surface area (Å²) in [5.74, 6) is 1.49. The van der Waals surface area contributed by atoms with Gasteiger partial charge in [0.2, 0.25) is 0 Å². The molecule has 0 unspecified atom stereocenters. The van der Waals surface area contributed by atoms with Crippen molar-refractivity contribution in [2.45, 2.75) is 13.5 Å². The summed E-state index contributed by atoms with van der Waals surface area (Å²) < 4.78 is 5.64. The normalized spacial score (nSPS) is 11.4. The van der Waals surface area contributed by atoms with Crippen molar-refractivity contribution in [1.82, 2.24) is 15.0 Å². The number of ether oxygens (including phenoxy) is 1. The second-order valence-corrected chi connectivity index (χ2v) is 6.85. The van der Waals surface area contributed by atoms with Crippen molar-refractivity contribution in [3.63, 3.8) is 0 Å². The lowest BCUT2D eigenvalue weighted by molar-refractivity contribution is -0.300. The SMILES string of the molecule is CCOOCc1ccc2nn(-c3cc4cc(OCCS)ccc4cc3O)nc2c1. The van der Waals surface area contributed by atoms with Crippen molar-refractivity contribution in [2.24, 2.45) is 0 Å². The lowest BCUT2D eigenvalue weighted by Crippen LogP contribution is -2.00. The Kier molecular flexibility index (Phi) is 5.84. The van der Waals surface area contributed by atoms with E-state index in [0.717, 1.165) is 27.6 Å². The van der Waals surface area contributed by atoms with Gasteiger partial charge >= 0.3 is 0 Å². The molecule has 0 fully saturated rings. The molecule has 150 valence electrons. The number of hydrogen-bond donors (Lipinski definition) is 2. The van der Waals surface area contributed by atoms with E-state index in [1.54, 1.807) is 6.07 Å². The van der Waals surface area contributed by atoms with Gasteiger partial charge in [0.15, 0.2) is 0 Å². The molecule has 0 radical (unpaired) electrons. The Labute approximate surface area is 173 Å². The van der Waals surface area contributed by atoms with Gasteiger partial charge in [-0.25, -0.2) is 9.78 Å². The number of aromatic hydroxyl groups is 1. The van der Waals surface area contributed by atoms with Crippen LogP contribution in [0.4, 0.5) is 0 Å². The fourth-order valence-electron chi connectivity index (χ4n) is 3.02. The van der Waals surface area contributed by atoms with Gasteiger partial charge in [-0.15, -0.1) is 15.0 Å². The summed E-state index contributed by atoms with van der Waals surface area (Å²) in [7, 11) is 0. The van der Waals surface area contributed by atoms with Gasteiger partial charge in [-0.1, -0.05) is 12.1 Å². The third kappa shape index (κ3) is 4.29. The summed E-state index contributed by atoms with van der Waals surface area (Å²) in [5.41, 5.74) is 2.84. The van der Waals surface area contributed by atoms with E-state index < -0.39 is 0 Å². The highest BCUT2D eigenvalue weighted by molar-refractivity contribution is 7.80. The van der Waals surface area contributed by atoms with E-state index in [2.05, 4.69) is 22.8 Å². The van der Waals surface area contributed by atoms with Gasteiger partial charge in [-0.2, -0.15) is 12.6 Å². The second-order valence-electron chi connectivity index (χ2n) is 6.40. The van der Waals surface area contributed by atoms with E-state index >= 15 is 0 Å². The van der Waals surface area contributed by atoms with Crippen molar-refractivity contribution in [2.75, 3.05) is 19.0 Å². The molecule has 0 saturated heterocycles. The van der Waals surface area contributed by atoms with Gasteiger partial charge in [-0.3, -0.25) is 0 Å². The maximum atomic E-state index is 10.5. The average molecular weight is 411 g/mol. The Hall–Kier alpha value is -2.81. The molecule has 1 aromatic heterocycles. The van der Waals surface area contributed by atoms with Crippen LogP contribution in [0.1, 0.15) is 12.5 Å². The van der Waals surface area contributed by atoms with Crippen LogP contribution in [0.5, 0.6) is 11.5 Å². The number of fused-ring (bicyclic) bond motifs is 2. The van der Waals surface area contributed by atoms with Crippen LogP contribution >= 0.6 is 12.6 Å². The molecular weight excluding hydrogens is 390 g/mol. The van der Waals surface area contributed by atoms with Crippen LogP contribution in [-0.4, -0.2) is 39.1 Å². The molecule has 3 aromatic carbocycles. The number of phenolic OH excluding ortho intramolecular Hbond substituents is 1. The van der Waals surface area contributed by atoms with Crippen LogP contribution < -0.4 is 4.74 Å². The molecule has 0 spiro atoms. The van der Waals surface area contributed by atoms with Crippen molar-refractivity contribution < 1.29 is 19.6 Å². The van der Waals surface area contributed by atoms with Gasteiger partial charge in [-0.05, 0) is 59.7 Å². The zero-order chi connectivity index (χ0) is 20.2. The second kappa shape index (κ2) is 8.69. The Balaban J connectivity index is 1.68. The Morgan fingerprint density at radius 2 is 1.83 bits per heavy atom. The lowest BCUT2D eigenvalue weighted by atomic mass is 10.1. The summed E-state index contributed by atoms with van der Waals surface area (Å²) in [5, 5.41) is 21.3. The largest absolute Gasteiger partial charge is 0.506 e. The van der Waals surface area contributed by atoms with Gasteiger partial charge < -0.3 is 9.84 Å². The number of aromatic nitrogens is 3. The fraction of sp³-hybridized carbons (Fsp3) is 0.238. The van der Waals surface area contributed by atoms with Crippen LogP contribution in [0.15, 0.2) is 48.5 Å². The molecule has 7 nitrogen and oxygen atoms in total. The predicted octanol–water partition coefficient (Wildman–Crippen LogP) is 4.06. The van der Waals surface area contributed by atoms with E-state index in [4.69, 9.17) is 14.5 Å². The van der Waals surface area contributed by atoms with Gasteiger partial charge in [0, 0.05) is 5.75 Å². The summed E-state index contributed by atoms with van der Waals surface area (Å²) in [6.07, 6.45) is 0.